The summed E-state index contributed by atoms with van der Waals surface area (Å²) in [5, 5.41) is 0. The fourth-order valence-electron chi connectivity index (χ4n) is 3.28. The molecule has 2 aromatic carbocycles. The lowest BCUT2D eigenvalue weighted by molar-refractivity contribution is -0.136. The molecule has 2 N–H and O–H groups in total. The Kier molecular flexibility index (Phi) is 11.2. The third-order valence-corrected chi connectivity index (χ3v) is 5.08. The number of aromatic nitrogens is 1. The Morgan fingerprint density at radius 2 is 1.65 bits per heavy atom. The number of pyridine rings is 1. The van der Waals surface area contributed by atoms with Crippen molar-refractivity contribution in [2.75, 3.05) is 6.54 Å². The van der Waals surface area contributed by atoms with E-state index in [1.54, 1.807) is 23.2 Å². The van der Waals surface area contributed by atoms with Crippen LogP contribution in [0.15, 0.2) is 79.0 Å². The molecule has 4 nitrogen and oxygen atoms in total. The number of nitrogens with zero attached hydrogens (tertiary/aromatic N) is 2. The summed E-state index contributed by atoms with van der Waals surface area (Å²) in [6.07, 6.45) is 2.39. The van der Waals surface area contributed by atoms with Gasteiger partial charge in [0.1, 0.15) is 5.82 Å². The van der Waals surface area contributed by atoms with Gasteiger partial charge in [0.15, 0.2) is 0 Å². The van der Waals surface area contributed by atoms with E-state index in [0.717, 1.165) is 16.8 Å². The molecule has 166 valence electrons. The van der Waals surface area contributed by atoms with Gasteiger partial charge in [-0.25, -0.2) is 4.39 Å². The molecule has 7 heteroatoms. The van der Waals surface area contributed by atoms with Crippen molar-refractivity contribution in [2.24, 2.45) is 11.7 Å². The Labute approximate surface area is 195 Å². The minimum atomic E-state index is -0.394. The first-order valence-corrected chi connectivity index (χ1v) is 9.78. The summed E-state index contributed by atoms with van der Waals surface area (Å²) < 4.78 is 13.3. The maximum absolute atomic E-state index is 13.3. The zero-order chi connectivity index (χ0) is 20.6. The molecule has 31 heavy (non-hydrogen) atoms. The van der Waals surface area contributed by atoms with Gasteiger partial charge >= 0.3 is 0 Å². The molecule has 0 spiro atoms. The van der Waals surface area contributed by atoms with Crippen molar-refractivity contribution in [3.05, 3.63) is 102 Å². The summed E-state index contributed by atoms with van der Waals surface area (Å²) >= 11 is 0. The van der Waals surface area contributed by atoms with Gasteiger partial charge in [0, 0.05) is 37.4 Å². The summed E-state index contributed by atoms with van der Waals surface area (Å²) in [5.74, 6) is -0.706. The van der Waals surface area contributed by atoms with Crippen LogP contribution in [0.4, 0.5) is 4.39 Å². The average molecular weight is 464 g/mol. The molecule has 2 atom stereocenters. The fraction of sp³-hybridized carbons (Fsp3) is 0.250. The molecule has 0 aliphatic rings. The van der Waals surface area contributed by atoms with E-state index in [1.807, 2.05) is 55.5 Å². The van der Waals surface area contributed by atoms with Gasteiger partial charge in [-0.3, -0.25) is 9.78 Å². The predicted molar refractivity (Wildman–Crippen MR) is 127 cm³/mol. The van der Waals surface area contributed by atoms with Gasteiger partial charge in [0.2, 0.25) is 5.91 Å². The van der Waals surface area contributed by atoms with Gasteiger partial charge < -0.3 is 10.6 Å². The minimum absolute atomic E-state index is 0. The molecule has 3 aromatic rings. The second kappa shape index (κ2) is 13.1. The van der Waals surface area contributed by atoms with Crippen LogP contribution in [0.3, 0.4) is 0 Å². The third-order valence-electron chi connectivity index (χ3n) is 5.08. The largest absolute Gasteiger partial charge is 0.338 e. The average Bonchev–Trinajstić information content (AvgIpc) is 2.77. The molecule has 0 saturated heterocycles. The molecule has 0 aliphatic heterocycles. The Morgan fingerprint density at radius 1 is 1.00 bits per heavy atom. The number of nitrogens with two attached hydrogens (primary N) is 1. The second-order valence-electron chi connectivity index (χ2n) is 7.18. The maximum Gasteiger partial charge on any atom is 0.227 e. The van der Waals surface area contributed by atoms with E-state index in [-0.39, 0.29) is 42.5 Å². The summed E-state index contributed by atoms with van der Waals surface area (Å²) in [7, 11) is 0. The van der Waals surface area contributed by atoms with Gasteiger partial charge in [0.25, 0.3) is 0 Å². The van der Waals surface area contributed by atoms with E-state index in [9.17, 15) is 9.18 Å². The van der Waals surface area contributed by atoms with Gasteiger partial charge in [-0.1, -0.05) is 55.5 Å². The first-order chi connectivity index (χ1) is 14.0. The Morgan fingerprint density at radius 3 is 2.26 bits per heavy atom. The van der Waals surface area contributed by atoms with E-state index in [4.69, 9.17) is 5.73 Å². The van der Waals surface area contributed by atoms with Crippen molar-refractivity contribution >= 4 is 30.7 Å². The Bertz CT molecular complexity index is 911. The Hall–Kier alpha value is -2.47. The highest BCUT2D eigenvalue weighted by molar-refractivity contribution is 5.85. The standard InChI is InChI=1S/C24H26FN3O.2ClH/c1-18(23(26)20-7-3-2-4-8-20)24(29)28(16-14-22-9-5-6-15-27-22)17-19-10-12-21(25)13-11-19;;/h2-13,15,18,23H,14,16-17,26H2,1H3;2*1H. The molecule has 2 unspecified atom stereocenters. The highest BCUT2D eigenvalue weighted by Crippen LogP contribution is 2.22. The van der Waals surface area contributed by atoms with Crippen LogP contribution in [-0.4, -0.2) is 22.3 Å². The van der Waals surface area contributed by atoms with Crippen LogP contribution in [0.25, 0.3) is 0 Å². The SMILES string of the molecule is CC(C(=O)N(CCc1ccccn1)Cc1ccc(F)cc1)C(N)c1ccccc1.Cl.Cl. The van der Waals surface area contributed by atoms with Crippen molar-refractivity contribution in [1.82, 2.24) is 9.88 Å². The highest BCUT2D eigenvalue weighted by atomic mass is 35.5. The Balaban J connectivity index is 0.00000240. The third kappa shape index (κ3) is 7.62. The zero-order valence-corrected chi connectivity index (χ0v) is 19.0. The molecule has 0 saturated carbocycles. The lowest BCUT2D eigenvalue weighted by Crippen LogP contribution is -2.40. The number of benzene rings is 2. The second-order valence-corrected chi connectivity index (χ2v) is 7.18. The van der Waals surface area contributed by atoms with Crippen molar-refractivity contribution in [2.45, 2.75) is 25.9 Å². The number of hydrogen-bond donors (Lipinski definition) is 1. The number of carbonyl (C=O) groups excluding carboxylic acids is 1. The molecule has 1 heterocycles. The van der Waals surface area contributed by atoms with Crippen molar-refractivity contribution in [1.29, 1.82) is 0 Å². The fourth-order valence-corrected chi connectivity index (χ4v) is 3.28. The van der Waals surface area contributed by atoms with Gasteiger partial charge in [-0.2, -0.15) is 0 Å². The van der Waals surface area contributed by atoms with E-state index in [2.05, 4.69) is 4.98 Å². The maximum atomic E-state index is 13.3. The minimum Gasteiger partial charge on any atom is -0.338 e. The molecule has 0 fully saturated rings. The van der Waals surface area contributed by atoms with Crippen molar-refractivity contribution in [3.8, 4) is 0 Å². The van der Waals surface area contributed by atoms with E-state index < -0.39 is 6.04 Å². The quantitative estimate of drug-likeness (QED) is 0.512. The van der Waals surface area contributed by atoms with Crippen LogP contribution in [0.2, 0.25) is 0 Å². The van der Waals surface area contributed by atoms with E-state index in [1.165, 1.54) is 12.1 Å². The normalized spacial score (nSPS) is 12.1. The molecule has 1 amide bonds. The lowest BCUT2D eigenvalue weighted by Gasteiger charge is -2.29. The number of hydrogen-bond acceptors (Lipinski definition) is 3. The topological polar surface area (TPSA) is 59.2 Å². The lowest BCUT2D eigenvalue weighted by atomic mass is 9.94. The van der Waals surface area contributed by atoms with Crippen molar-refractivity contribution < 1.29 is 9.18 Å². The van der Waals surface area contributed by atoms with Crippen LogP contribution in [0, 0.1) is 11.7 Å². The summed E-state index contributed by atoms with van der Waals surface area (Å²) in [5.41, 5.74) is 9.12. The van der Waals surface area contributed by atoms with Crippen LogP contribution < -0.4 is 5.73 Å². The molecule has 0 radical (unpaired) electrons. The van der Waals surface area contributed by atoms with Crippen LogP contribution in [-0.2, 0) is 17.8 Å². The molecule has 1 aromatic heterocycles. The number of rotatable bonds is 8. The number of carbonyl (C=O) groups is 1. The smallest absolute Gasteiger partial charge is 0.227 e. The van der Waals surface area contributed by atoms with E-state index >= 15 is 0 Å². The van der Waals surface area contributed by atoms with E-state index in [0.29, 0.717) is 19.5 Å². The summed E-state index contributed by atoms with van der Waals surface area (Å²) in [4.78, 5) is 19.4. The first kappa shape index (κ1) is 26.6. The molecule has 0 bridgehead atoms. The highest BCUT2D eigenvalue weighted by Gasteiger charge is 2.27. The van der Waals surface area contributed by atoms with Crippen molar-refractivity contribution in [3.63, 3.8) is 0 Å². The van der Waals surface area contributed by atoms with Crippen LogP contribution in [0.5, 0.6) is 0 Å². The monoisotopic (exact) mass is 463 g/mol. The molecule has 0 aliphatic carbocycles. The molecular formula is C24H28Cl2FN3O. The first-order valence-electron chi connectivity index (χ1n) is 9.78. The molecule has 3 rings (SSSR count). The van der Waals surface area contributed by atoms with Gasteiger partial charge in [0.05, 0.1) is 5.92 Å². The number of halogens is 3. The summed E-state index contributed by atoms with van der Waals surface area (Å²) in [6, 6.07) is 21.2. The van der Waals surface area contributed by atoms with Gasteiger partial charge in [-0.15, -0.1) is 24.8 Å². The zero-order valence-electron chi connectivity index (χ0n) is 17.4. The number of amides is 1. The van der Waals surface area contributed by atoms with Crippen LogP contribution >= 0.6 is 24.8 Å². The van der Waals surface area contributed by atoms with Gasteiger partial charge in [-0.05, 0) is 35.4 Å². The van der Waals surface area contributed by atoms with Crippen LogP contribution in [0.1, 0.15) is 29.8 Å². The predicted octanol–water partition coefficient (Wildman–Crippen LogP) is 4.97. The molecular weight excluding hydrogens is 436 g/mol. The summed E-state index contributed by atoms with van der Waals surface area (Å²) in [6.45, 7) is 2.77.